The first-order valence-electron chi connectivity index (χ1n) is 8.91. The summed E-state index contributed by atoms with van der Waals surface area (Å²) < 4.78 is 0. The molecular formula is C19H29N3O. The van der Waals surface area contributed by atoms with Gasteiger partial charge in [0.2, 0.25) is 5.91 Å². The van der Waals surface area contributed by atoms with Crippen LogP contribution in [0.15, 0.2) is 36.7 Å². The van der Waals surface area contributed by atoms with Gasteiger partial charge in [0.15, 0.2) is 0 Å². The zero-order valence-electron chi connectivity index (χ0n) is 14.3. The lowest BCUT2D eigenvalue weighted by Crippen LogP contribution is -2.48. The molecule has 1 saturated heterocycles. The standard InChI is InChI=1S/C19H29N3O/c1-2-3-4-5-6-7-8-9-19(23)22-16-14-21(15-17-22)18-10-12-20-13-11-18/h8-13H,2-7,14-17H2,1H3. The van der Waals surface area contributed by atoms with Crippen molar-refractivity contribution in [3.63, 3.8) is 0 Å². The molecule has 4 nitrogen and oxygen atoms in total. The summed E-state index contributed by atoms with van der Waals surface area (Å²) in [4.78, 5) is 20.5. The lowest BCUT2D eigenvalue weighted by Gasteiger charge is -2.35. The Kier molecular flexibility index (Phi) is 7.64. The molecule has 2 rings (SSSR count). The van der Waals surface area contributed by atoms with E-state index in [-0.39, 0.29) is 5.91 Å². The van der Waals surface area contributed by atoms with Crippen molar-refractivity contribution in [2.24, 2.45) is 0 Å². The maximum absolute atomic E-state index is 12.2. The van der Waals surface area contributed by atoms with Crippen molar-refractivity contribution in [2.45, 2.75) is 45.4 Å². The summed E-state index contributed by atoms with van der Waals surface area (Å²) in [7, 11) is 0. The number of rotatable bonds is 8. The first-order chi connectivity index (χ1) is 11.3. The van der Waals surface area contributed by atoms with Gasteiger partial charge in [-0.05, 0) is 31.1 Å². The fraction of sp³-hybridized carbons (Fsp3) is 0.579. The number of carbonyl (C=O) groups is 1. The lowest BCUT2D eigenvalue weighted by molar-refractivity contribution is -0.126. The van der Waals surface area contributed by atoms with Crippen LogP contribution in [0.3, 0.4) is 0 Å². The summed E-state index contributed by atoms with van der Waals surface area (Å²) in [5.74, 6) is 0.160. The van der Waals surface area contributed by atoms with Crippen LogP contribution in [0.2, 0.25) is 0 Å². The third-order valence-electron chi connectivity index (χ3n) is 4.35. The maximum atomic E-state index is 12.2. The Morgan fingerprint density at radius 2 is 1.78 bits per heavy atom. The molecule has 126 valence electrons. The van der Waals surface area contributed by atoms with E-state index in [1.807, 2.05) is 35.5 Å². The van der Waals surface area contributed by atoms with Crippen LogP contribution >= 0.6 is 0 Å². The van der Waals surface area contributed by atoms with Crippen LogP contribution in [0.4, 0.5) is 5.69 Å². The number of amides is 1. The first-order valence-corrected chi connectivity index (χ1v) is 8.91. The Morgan fingerprint density at radius 3 is 2.48 bits per heavy atom. The van der Waals surface area contributed by atoms with Crippen LogP contribution in [-0.2, 0) is 4.79 Å². The summed E-state index contributed by atoms with van der Waals surface area (Å²) in [6, 6.07) is 4.05. The van der Waals surface area contributed by atoms with Crippen molar-refractivity contribution < 1.29 is 4.79 Å². The Balaban J connectivity index is 1.65. The fourth-order valence-corrected chi connectivity index (χ4v) is 2.90. The van der Waals surface area contributed by atoms with E-state index in [0.717, 1.165) is 32.6 Å². The molecule has 1 aliphatic rings. The number of pyridine rings is 1. The van der Waals surface area contributed by atoms with E-state index in [2.05, 4.69) is 16.8 Å². The van der Waals surface area contributed by atoms with Gasteiger partial charge in [-0.2, -0.15) is 0 Å². The summed E-state index contributed by atoms with van der Waals surface area (Å²) in [6.07, 6.45) is 14.8. The van der Waals surface area contributed by atoms with E-state index in [9.17, 15) is 4.79 Å². The van der Waals surface area contributed by atoms with Crippen LogP contribution in [0, 0.1) is 0 Å². The molecule has 0 radical (unpaired) electrons. The molecule has 0 atom stereocenters. The first kappa shape index (κ1) is 17.5. The van der Waals surface area contributed by atoms with Crippen LogP contribution in [0.5, 0.6) is 0 Å². The number of nitrogens with zero attached hydrogens (tertiary/aromatic N) is 3. The van der Waals surface area contributed by atoms with Gasteiger partial charge in [0.05, 0.1) is 0 Å². The summed E-state index contributed by atoms with van der Waals surface area (Å²) in [6.45, 7) is 5.60. The SMILES string of the molecule is CCCCCCCC=CC(=O)N1CCN(c2ccncc2)CC1. The highest BCUT2D eigenvalue weighted by molar-refractivity contribution is 5.87. The fourth-order valence-electron chi connectivity index (χ4n) is 2.90. The molecule has 1 amide bonds. The topological polar surface area (TPSA) is 36.4 Å². The monoisotopic (exact) mass is 315 g/mol. The zero-order chi connectivity index (χ0) is 16.3. The molecule has 0 aliphatic carbocycles. The molecule has 1 fully saturated rings. The molecule has 0 unspecified atom stereocenters. The highest BCUT2D eigenvalue weighted by Crippen LogP contribution is 2.15. The number of unbranched alkanes of at least 4 members (excludes halogenated alkanes) is 5. The Labute approximate surface area is 140 Å². The van der Waals surface area contributed by atoms with Gasteiger partial charge >= 0.3 is 0 Å². The van der Waals surface area contributed by atoms with E-state index in [1.165, 1.54) is 37.8 Å². The van der Waals surface area contributed by atoms with Crippen molar-refractivity contribution in [3.8, 4) is 0 Å². The predicted molar refractivity (Wildman–Crippen MR) is 95.5 cm³/mol. The number of carbonyl (C=O) groups excluding carboxylic acids is 1. The second kappa shape index (κ2) is 10.0. The molecule has 0 N–H and O–H groups in total. The smallest absolute Gasteiger partial charge is 0.246 e. The lowest BCUT2D eigenvalue weighted by atomic mass is 10.1. The molecule has 0 spiro atoms. The van der Waals surface area contributed by atoms with E-state index >= 15 is 0 Å². The third-order valence-corrected chi connectivity index (χ3v) is 4.35. The minimum absolute atomic E-state index is 0.160. The summed E-state index contributed by atoms with van der Waals surface area (Å²) in [5.41, 5.74) is 1.19. The molecule has 0 saturated carbocycles. The van der Waals surface area contributed by atoms with E-state index in [1.54, 1.807) is 6.08 Å². The van der Waals surface area contributed by atoms with Crippen LogP contribution in [0.25, 0.3) is 0 Å². The minimum atomic E-state index is 0.160. The van der Waals surface area contributed by atoms with E-state index < -0.39 is 0 Å². The third kappa shape index (κ3) is 6.05. The molecule has 23 heavy (non-hydrogen) atoms. The highest BCUT2D eigenvalue weighted by Gasteiger charge is 2.19. The van der Waals surface area contributed by atoms with Gasteiger partial charge in [0.25, 0.3) is 0 Å². The van der Waals surface area contributed by atoms with Gasteiger partial charge in [-0.3, -0.25) is 9.78 Å². The Hall–Kier alpha value is -1.84. The predicted octanol–water partition coefficient (Wildman–Crippen LogP) is 3.65. The van der Waals surface area contributed by atoms with Crippen LogP contribution in [0.1, 0.15) is 45.4 Å². The molecule has 1 aromatic rings. The molecule has 2 heterocycles. The van der Waals surface area contributed by atoms with E-state index in [0.29, 0.717) is 0 Å². The average Bonchev–Trinajstić information content (AvgIpc) is 2.61. The second-order valence-electron chi connectivity index (χ2n) is 6.12. The van der Waals surface area contributed by atoms with Gasteiger partial charge < -0.3 is 9.80 Å². The van der Waals surface area contributed by atoms with Gasteiger partial charge in [-0.15, -0.1) is 0 Å². The number of piperazine rings is 1. The van der Waals surface area contributed by atoms with Gasteiger partial charge in [-0.25, -0.2) is 0 Å². The number of hydrogen-bond acceptors (Lipinski definition) is 3. The average molecular weight is 315 g/mol. The van der Waals surface area contributed by atoms with Crippen molar-refractivity contribution in [1.82, 2.24) is 9.88 Å². The summed E-state index contributed by atoms with van der Waals surface area (Å²) >= 11 is 0. The van der Waals surface area contributed by atoms with Crippen LogP contribution < -0.4 is 4.90 Å². The van der Waals surface area contributed by atoms with Crippen molar-refractivity contribution in [1.29, 1.82) is 0 Å². The number of allylic oxidation sites excluding steroid dienone is 1. The molecule has 1 aromatic heterocycles. The van der Waals surface area contributed by atoms with Crippen molar-refractivity contribution >= 4 is 11.6 Å². The van der Waals surface area contributed by atoms with E-state index in [4.69, 9.17) is 0 Å². The number of anilines is 1. The van der Waals surface area contributed by atoms with Crippen molar-refractivity contribution in [2.75, 3.05) is 31.1 Å². The molecule has 0 aromatic carbocycles. The highest BCUT2D eigenvalue weighted by atomic mass is 16.2. The van der Waals surface area contributed by atoms with Crippen LogP contribution in [-0.4, -0.2) is 42.0 Å². The molecule has 0 bridgehead atoms. The molecule has 1 aliphatic heterocycles. The largest absolute Gasteiger partial charge is 0.368 e. The number of hydrogen-bond donors (Lipinski definition) is 0. The normalized spacial score (nSPS) is 15.3. The van der Waals surface area contributed by atoms with Gasteiger partial charge in [0, 0.05) is 44.3 Å². The van der Waals surface area contributed by atoms with Crippen molar-refractivity contribution in [3.05, 3.63) is 36.7 Å². The zero-order valence-corrected chi connectivity index (χ0v) is 14.3. The molecule has 4 heteroatoms. The maximum Gasteiger partial charge on any atom is 0.246 e. The Morgan fingerprint density at radius 1 is 1.09 bits per heavy atom. The minimum Gasteiger partial charge on any atom is -0.368 e. The summed E-state index contributed by atoms with van der Waals surface area (Å²) in [5, 5.41) is 0. The van der Waals surface area contributed by atoms with Gasteiger partial charge in [-0.1, -0.05) is 38.7 Å². The second-order valence-corrected chi connectivity index (χ2v) is 6.12. The van der Waals surface area contributed by atoms with Gasteiger partial charge in [0.1, 0.15) is 0 Å². The number of aromatic nitrogens is 1. The Bertz CT molecular complexity index is 479. The molecular weight excluding hydrogens is 286 g/mol. The quantitative estimate of drug-likeness (QED) is 0.543.